The first kappa shape index (κ1) is 15.2. The van der Waals surface area contributed by atoms with Crippen molar-refractivity contribution in [1.29, 1.82) is 0 Å². The lowest BCUT2D eigenvalue weighted by Gasteiger charge is -2.28. The van der Waals surface area contributed by atoms with Crippen molar-refractivity contribution in [1.82, 2.24) is 5.32 Å². The number of amides is 2. The Bertz CT molecular complexity index is 455. The molecular weight excluding hydrogens is 242 g/mol. The van der Waals surface area contributed by atoms with Gasteiger partial charge < -0.3 is 16.8 Å². The monoisotopic (exact) mass is 263 g/mol. The minimum atomic E-state index is -1.20. The van der Waals surface area contributed by atoms with Gasteiger partial charge in [-0.15, -0.1) is 0 Å². The fourth-order valence-corrected chi connectivity index (χ4v) is 1.77. The van der Waals surface area contributed by atoms with E-state index in [1.807, 2.05) is 32.0 Å². The largest absolute Gasteiger partial charge is 0.368 e. The predicted molar refractivity (Wildman–Crippen MR) is 73.9 cm³/mol. The molecule has 5 N–H and O–H groups in total. The van der Waals surface area contributed by atoms with Gasteiger partial charge in [-0.05, 0) is 18.4 Å². The maximum absolute atomic E-state index is 12.2. The van der Waals surface area contributed by atoms with E-state index in [1.165, 1.54) is 0 Å². The van der Waals surface area contributed by atoms with Crippen LogP contribution in [0.25, 0.3) is 0 Å². The fourth-order valence-electron chi connectivity index (χ4n) is 1.77. The smallest absolute Gasteiger partial charge is 0.245 e. The van der Waals surface area contributed by atoms with Crippen molar-refractivity contribution >= 4 is 11.8 Å². The molecule has 2 unspecified atom stereocenters. The third-order valence-corrected chi connectivity index (χ3v) is 3.10. The Hall–Kier alpha value is -1.88. The second-order valence-corrected chi connectivity index (χ2v) is 5.17. The van der Waals surface area contributed by atoms with E-state index in [4.69, 9.17) is 11.5 Å². The molecule has 2 atom stereocenters. The SMILES string of the molecule is CC(C)C(NC(=O)C(C)(N)c1ccccc1)C(N)=O. The van der Waals surface area contributed by atoms with Gasteiger partial charge in [-0.2, -0.15) is 0 Å². The summed E-state index contributed by atoms with van der Waals surface area (Å²) < 4.78 is 0. The molecule has 5 nitrogen and oxygen atoms in total. The molecule has 19 heavy (non-hydrogen) atoms. The standard InChI is InChI=1S/C14H21N3O2/c1-9(2)11(12(15)18)17-13(19)14(3,16)10-7-5-4-6-8-10/h4-9,11H,16H2,1-3H3,(H2,15,18)(H,17,19). The Morgan fingerprint density at radius 3 is 2.16 bits per heavy atom. The van der Waals surface area contributed by atoms with Crippen LogP contribution in [-0.4, -0.2) is 17.9 Å². The third-order valence-electron chi connectivity index (χ3n) is 3.10. The molecule has 2 amide bonds. The summed E-state index contributed by atoms with van der Waals surface area (Å²) in [6.45, 7) is 5.23. The Kier molecular flexibility index (Phi) is 4.67. The average Bonchev–Trinajstić information content (AvgIpc) is 2.35. The molecule has 1 aromatic carbocycles. The van der Waals surface area contributed by atoms with E-state index in [1.54, 1.807) is 19.1 Å². The van der Waals surface area contributed by atoms with Crippen molar-refractivity contribution in [3.8, 4) is 0 Å². The van der Waals surface area contributed by atoms with Crippen LogP contribution in [0.4, 0.5) is 0 Å². The summed E-state index contributed by atoms with van der Waals surface area (Å²) in [5, 5.41) is 2.62. The molecule has 0 bridgehead atoms. The molecule has 0 fully saturated rings. The molecule has 5 heteroatoms. The van der Waals surface area contributed by atoms with Crippen LogP contribution in [0.15, 0.2) is 30.3 Å². The Morgan fingerprint density at radius 1 is 1.21 bits per heavy atom. The van der Waals surface area contributed by atoms with E-state index in [9.17, 15) is 9.59 Å². The van der Waals surface area contributed by atoms with E-state index in [-0.39, 0.29) is 5.92 Å². The number of nitrogens with two attached hydrogens (primary N) is 2. The minimum absolute atomic E-state index is 0.0898. The number of carbonyl (C=O) groups excluding carboxylic acids is 2. The van der Waals surface area contributed by atoms with Gasteiger partial charge in [0.25, 0.3) is 0 Å². The second-order valence-electron chi connectivity index (χ2n) is 5.17. The van der Waals surface area contributed by atoms with Gasteiger partial charge in [-0.3, -0.25) is 9.59 Å². The Labute approximate surface area is 113 Å². The van der Waals surface area contributed by atoms with Crippen molar-refractivity contribution in [2.45, 2.75) is 32.4 Å². The first-order valence-corrected chi connectivity index (χ1v) is 6.21. The van der Waals surface area contributed by atoms with Crippen LogP contribution >= 0.6 is 0 Å². The molecule has 0 radical (unpaired) electrons. The first-order chi connectivity index (χ1) is 8.76. The molecular formula is C14H21N3O2. The second kappa shape index (κ2) is 5.84. The summed E-state index contributed by atoms with van der Waals surface area (Å²) in [5.41, 5.74) is 10.8. The summed E-state index contributed by atoms with van der Waals surface area (Å²) in [4.78, 5) is 23.5. The highest BCUT2D eigenvalue weighted by molar-refractivity contribution is 5.92. The summed E-state index contributed by atoms with van der Waals surface area (Å²) in [7, 11) is 0. The number of hydrogen-bond acceptors (Lipinski definition) is 3. The van der Waals surface area contributed by atoms with Crippen LogP contribution in [0.5, 0.6) is 0 Å². The molecule has 104 valence electrons. The highest BCUT2D eigenvalue weighted by Crippen LogP contribution is 2.18. The quantitative estimate of drug-likeness (QED) is 0.721. The molecule has 1 rings (SSSR count). The molecule has 0 saturated heterocycles. The summed E-state index contributed by atoms with van der Waals surface area (Å²) in [6.07, 6.45) is 0. The number of primary amides is 1. The van der Waals surface area contributed by atoms with Crippen molar-refractivity contribution in [2.75, 3.05) is 0 Å². The molecule has 0 aliphatic rings. The van der Waals surface area contributed by atoms with Crippen LogP contribution in [-0.2, 0) is 15.1 Å². The van der Waals surface area contributed by atoms with E-state index in [0.29, 0.717) is 5.56 Å². The summed E-state index contributed by atoms with van der Waals surface area (Å²) >= 11 is 0. The first-order valence-electron chi connectivity index (χ1n) is 6.21. The third kappa shape index (κ3) is 3.54. The van der Waals surface area contributed by atoms with Gasteiger partial charge in [0.15, 0.2) is 0 Å². The van der Waals surface area contributed by atoms with Gasteiger partial charge >= 0.3 is 0 Å². The zero-order chi connectivity index (χ0) is 14.6. The van der Waals surface area contributed by atoms with Crippen molar-refractivity contribution < 1.29 is 9.59 Å². The predicted octanol–water partition coefficient (Wildman–Crippen LogP) is 0.487. The van der Waals surface area contributed by atoms with Crippen LogP contribution < -0.4 is 16.8 Å². The summed E-state index contributed by atoms with van der Waals surface area (Å²) in [6, 6.07) is 8.28. The van der Waals surface area contributed by atoms with Gasteiger partial charge in [0.2, 0.25) is 11.8 Å². The Balaban J connectivity index is 2.91. The number of carbonyl (C=O) groups is 2. The normalized spacial score (nSPS) is 15.6. The lowest BCUT2D eigenvalue weighted by molar-refractivity contribution is -0.131. The maximum Gasteiger partial charge on any atom is 0.245 e. The van der Waals surface area contributed by atoms with E-state index in [2.05, 4.69) is 5.32 Å². The van der Waals surface area contributed by atoms with E-state index in [0.717, 1.165) is 0 Å². The number of hydrogen-bond donors (Lipinski definition) is 3. The molecule has 0 heterocycles. The molecule has 0 aromatic heterocycles. The molecule has 0 spiro atoms. The number of rotatable bonds is 5. The van der Waals surface area contributed by atoms with Crippen LogP contribution in [0.2, 0.25) is 0 Å². The number of nitrogens with one attached hydrogen (secondary N) is 1. The lowest BCUT2D eigenvalue weighted by atomic mass is 9.91. The highest BCUT2D eigenvalue weighted by Gasteiger charge is 2.33. The lowest BCUT2D eigenvalue weighted by Crippen LogP contribution is -2.56. The highest BCUT2D eigenvalue weighted by atomic mass is 16.2. The average molecular weight is 263 g/mol. The van der Waals surface area contributed by atoms with E-state index >= 15 is 0 Å². The van der Waals surface area contributed by atoms with Gasteiger partial charge in [0.05, 0.1) is 0 Å². The molecule has 1 aromatic rings. The van der Waals surface area contributed by atoms with Crippen LogP contribution in [0.3, 0.4) is 0 Å². The Morgan fingerprint density at radius 2 is 1.74 bits per heavy atom. The molecule has 0 saturated carbocycles. The molecule has 0 aliphatic heterocycles. The van der Waals surface area contributed by atoms with Crippen molar-refractivity contribution in [2.24, 2.45) is 17.4 Å². The van der Waals surface area contributed by atoms with Crippen LogP contribution in [0.1, 0.15) is 26.3 Å². The molecule has 0 aliphatic carbocycles. The van der Waals surface area contributed by atoms with E-state index < -0.39 is 23.4 Å². The van der Waals surface area contributed by atoms with Gasteiger partial charge in [-0.25, -0.2) is 0 Å². The maximum atomic E-state index is 12.2. The topological polar surface area (TPSA) is 98.2 Å². The summed E-state index contributed by atoms with van der Waals surface area (Å²) in [5.74, 6) is -1.07. The van der Waals surface area contributed by atoms with Crippen molar-refractivity contribution in [3.05, 3.63) is 35.9 Å². The van der Waals surface area contributed by atoms with Gasteiger partial charge in [-0.1, -0.05) is 44.2 Å². The van der Waals surface area contributed by atoms with Crippen molar-refractivity contribution in [3.63, 3.8) is 0 Å². The van der Waals surface area contributed by atoms with Gasteiger partial charge in [0.1, 0.15) is 11.6 Å². The fraction of sp³-hybridized carbons (Fsp3) is 0.429. The zero-order valence-electron chi connectivity index (χ0n) is 11.5. The van der Waals surface area contributed by atoms with Crippen LogP contribution in [0, 0.1) is 5.92 Å². The van der Waals surface area contributed by atoms with Gasteiger partial charge in [0, 0.05) is 0 Å². The minimum Gasteiger partial charge on any atom is -0.368 e. The number of benzene rings is 1. The zero-order valence-corrected chi connectivity index (χ0v) is 11.5.